The molecule has 0 radical (unpaired) electrons. The van der Waals surface area contributed by atoms with Crippen LogP contribution in [0.5, 0.6) is 0 Å². The summed E-state index contributed by atoms with van der Waals surface area (Å²) < 4.78 is 39.9. The third-order valence-corrected chi connectivity index (χ3v) is 12.7. The van der Waals surface area contributed by atoms with Crippen LogP contribution in [0.15, 0.2) is 30.3 Å². The van der Waals surface area contributed by atoms with Crippen molar-refractivity contribution in [2.75, 3.05) is 19.7 Å². The summed E-state index contributed by atoms with van der Waals surface area (Å²) >= 11 is 7.23. The number of benzene rings is 1. The summed E-state index contributed by atoms with van der Waals surface area (Å²) in [5, 5.41) is 0. The predicted octanol–water partition coefficient (Wildman–Crippen LogP) is 8.40. The number of hydrogen-bond donors (Lipinski definition) is 0. The van der Waals surface area contributed by atoms with E-state index in [0.717, 1.165) is 18.4 Å². The van der Waals surface area contributed by atoms with E-state index in [1.54, 1.807) is 58.3 Å². The fraction of sp³-hybridized carbons (Fsp3) is 0.682. The zero-order valence-electron chi connectivity index (χ0n) is 38.5. The molecule has 6 heterocycles. The number of fused-ring (bicyclic) bond motifs is 2. The molecule has 6 saturated heterocycles. The molecule has 8 bridgehead atoms. The van der Waals surface area contributed by atoms with Gasteiger partial charge < -0.3 is 55.1 Å². The number of alkyl halides is 2. The van der Waals surface area contributed by atoms with Crippen LogP contribution in [-0.4, -0.2) is 123 Å². The quantitative estimate of drug-likeness (QED) is 0.0697. The van der Waals surface area contributed by atoms with E-state index >= 15 is 0 Å². The van der Waals surface area contributed by atoms with Crippen LogP contribution in [-0.2, 0) is 79.3 Å². The summed E-state index contributed by atoms with van der Waals surface area (Å²) in [6.07, 6.45) is -1.69. The molecule has 0 spiro atoms. The average molecular weight is 1130 g/mol. The third kappa shape index (κ3) is 15.6. The first-order valence-electron chi connectivity index (χ1n) is 20.6. The SMILES string of the molecule is CC(C)(C)OC(=O)N1CC2CC3C(=O)OC(C2Br)C31.CC(C)(C)OC(=O)OC(=O)OC(C)(C)C.CCOC(C)=O.O=C1OC2C(Br)C3CC1C2N(C(=O)OCc1ccccc1)C3.[CH3-].[HH].[Pd]. The molecule has 366 valence electrons. The first kappa shape index (κ1) is 56.7. The van der Waals surface area contributed by atoms with Crippen molar-refractivity contribution in [1.82, 2.24) is 9.80 Å². The van der Waals surface area contributed by atoms with Gasteiger partial charge in [0, 0.05) is 41.9 Å². The minimum atomic E-state index is -1.06. The average Bonchev–Trinajstić information content (AvgIpc) is 3.60. The Bertz CT molecular complexity index is 1780. The van der Waals surface area contributed by atoms with Crippen molar-refractivity contribution in [3.05, 3.63) is 43.3 Å². The molecular weight excluding hydrogens is 1060 g/mol. The van der Waals surface area contributed by atoms with Gasteiger partial charge in [-0.25, -0.2) is 19.2 Å². The summed E-state index contributed by atoms with van der Waals surface area (Å²) in [6.45, 7) is 20.7. The van der Waals surface area contributed by atoms with E-state index in [2.05, 4.69) is 41.3 Å². The van der Waals surface area contributed by atoms with Gasteiger partial charge >= 0.3 is 42.4 Å². The molecule has 8 fully saturated rings. The van der Waals surface area contributed by atoms with Crippen molar-refractivity contribution in [2.45, 2.75) is 146 Å². The third-order valence-electron chi connectivity index (χ3n) is 10.2. The van der Waals surface area contributed by atoms with Gasteiger partial charge in [0.15, 0.2) is 0 Å². The minimum Gasteiger partial charge on any atom is -0.466 e. The molecule has 1 aromatic rings. The molecule has 1 aromatic carbocycles. The Hall–Kier alpha value is -3.47. The van der Waals surface area contributed by atoms with Crippen LogP contribution < -0.4 is 0 Å². The van der Waals surface area contributed by atoms with Crippen molar-refractivity contribution in [3.63, 3.8) is 0 Å². The largest absolute Gasteiger partial charge is 0.519 e. The van der Waals surface area contributed by atoms with Gasteiger partial charge in [-0.3, -0.25) is 14.4 Å². The number of nitrogens with zero attached hydrogens (tertiary/aromatic N) is 2. The number of halogens is 2. The van der Waals surface area contributed by atoms with E-state index in [4.69, 9.17) is 28.4 Å². The summed E-state index contributed by atoms with van der Waals surface area (Å²) in [4.78, 5) is 83.9. The Morgan fingerprint density at radius 1 is 0.688 bits per heavy atom. The Morgan fingerprint density at radius 3 is 1.45 bits per heavy atom. The van der Waals surface area contributed by atoms with E-state index < -0.39 is 29.1 Å². The van der Waals surface area contributed by atoms with Crippen LogP contribution in [0.3, 0.4) is 0 Å². The molecule has 0 N–H and O–H groups in total. The predicted molar refractivity (Wildman–Crippen MR) is 237 cm³/mol. The first-order valence-corrected chi connectivity index (χ1v) is 22.5. The molecule has 0 aromatic heterocycles. The number of piperidine rings is 4. The first-order chi connectivity index (χ1) is 28.7. The Balaban J connectivity index is 0.000000456. The Morgan fingerprint density at radius 2 is 1.09 bits per heavy atom. The van der Waals surface area contributed by atoms with Gasteiger partial charge in [0.2, 0.25) is 0 Å². The smallest absolute Gasteiger partial charge is 0.466 e. The summed E-state index contributed by atoms with van der Waals surface area (Å²) in [7, 11) is 0. The zero-order chi connectivity index (χ0) is 46.5. The van der Waals surface area contributed by atoms with Crippen LogP contribution in [0.2, 0.25) is 0 Å². The molecule has 20 heteroatoms. The summed E-state index contributed by atoms with van der Waals surface area (Å²) in [6, 6.07) is 9.22. The number of esters is 3. The normalized spacial score (nSPS) is 27.6. The van der Waals surface area contributed by atoms with Gasteiger partial charge in [0.05, 0.1) is 40.2 Å². The molecule has 8 aliphatic rings. The zero-order valence-corrected chi connectivity index (χ0v) is 43.2. The van der Waals surface area contributed by atoms with Crippen LogP contribution in [0.1, 0.15) is 96.0 Å². The van der Waals surface area contributed by atoms with E-state index in [1.807, 2.05) is 51.1 Å². The number of ether oxygens (including phenoxy) is 8. The van der Waals surface area contributed by atoms with E-state index in [1.165, 1.54) is 6.92 Å². The minimum absolute atomic E-state index is 0. The summed E-state index contributed by atoms with van der Waals surface area (Å²) in [5.74, 6) is -0.420. The van der Waals surface area contributed by atoms with Gasteiger partial charge in [-0.1, -0.05) is 62.2 Å². The van der Waals surface area contributed by atoms with Crippen molar-refractivity contribution in [1.29, 1.82) is 0 Å². The monoisotopic (exact) mass is 1130 g/mol. The van der Waals surface area contributed by atoms with E-state index in [9.17, 15) is 33.6 Å². The topological polar surface area (TPSA) is 200 Å². The molecule has 64 heavy (non-hydrogen) atoms. The standard InChI is InChI=1S/C16H16BrNO4.C13H18BrNO4.C10H18O5.C4H8O2.CH3.Pd.H2/c17-12-10-6-11-13(14(12)22-15(11)19)18(7-10)16(20)21-8-9-4-2-1-3-5-9;1-13(2,3)19-12(17)15-5-6-4-7-9(15)10(8(6)14)18-11(7)16;1-9(2,3)14-7(11)13-8(12)15-10(4,5)6;1-3-6-4(2)5;;;/h1-5,10-14H,6-8H2;6-10H,4-5H2,1-3H3;1-6H3;3H2,1-2H3;1H3;;1H/q;;;;-1;;. The molecule has 2 amide bonds. The maximum atomic E-state index is 12.4. The van der Waals surface area contributed by atoms with Gasteiger partial charge in [-0.15, -0.1) is 0 Å². The van der Waals surface area contributed by atoms with Gasteiger partial charge in [-0.2, -0.15) is 0 Å². The Labute approximate surface area is 408 Å². The number of carbonyl (C=O) groups is 7. The molecular formula is C44H65Br2N2O15Pd-. The van der Waals surface area contributed by atoms with Gasteiger partial charge in [0.1, 0.15) is 35.6 Å². The van der Waals surface area contributed by atoms with Gasteiger partial charge in [0.25, 0.3) is 0 Å². The maximum absolute atomic E-state index is 12.4. The molecule has 17 nitrogen and oxygen atoms in total. The fourth-order valence-corrected chi connectivity index (χ4v) is 9.57. The van der Waals surface area contributed by atoms with Crippen molar-refractivity contribution < 1.29 is 93.3 Å². The number of amides is 2. The van der Waals surface area contributed by atoms with Crippen LogP contribution in [0.25, 0.3) is 0 Å². The van der Waals surface area contributed by atoms with Crippen molar-refractivity contribution in [3.8, 4) is 0 Å². The van der Waals surface area contributed by atoms with Crippen molar-refractivity contribution in [2.24, 2.45) is 23.7 Å². The fourth-order valence-electron chi connectivity index (χ4n) is 7.96. The second kappa shape index (κ2) is 23.3. The molecule has 6 aliphatic heterocycles. The second-order valence-corrected chi connectivity index (χ2v) is 20.8. The van der Waals surface area contributed by atoms with Crippen LogP contribution in [0.4, 0.5) is 19.2 Å². The van der Waals surface area contributed by atoms with E-state index in [0.29, 0.717) is 19.7 Å². The van der Waals surface area contributed by atoms with E-state index in [-0.39, 0.29) is 124 Å². The maximum Gasteiger partial charge on any atom is 0.519 e. The number of rotatable bonds is 3. The number of carbonyl (C=O) groups excluding carboxylic acids is 7. The summed E-state index contributed by atoms with van der Waals surface area (Å²) in [5.41, 5.74) is -0.962. The molecule has 10 atom stereocenters. The molecule has 2 saturated carbocycles. The van der Waals surface area contributed by atoms with Gasteiger partial charge in [-0.05, 0) is 99.5 Å². The van der Waals surface area contributed by atoms with Crippen molar-refractivity contribution >= 4 is 74.3 Å². The number of hydrogen-bond acceptors (Lipinski definition) is 15. The Kier molecular flexibility index (Phi) is 20.6. The molecule has 10 unspecified atom stereocenters. The van der Waals surface area contributed by atoms with Crippen LogP contribution in [0, 0.1) is 31.1 Å². The molecule has 9 rings (SSSR count). The second-order valence-electron chi connectivity index (χ2n) is 18.7. The van der Waals surface area contributed by atoms with Crippen LogP contribution >= 0.6 is 31.9 Å². The molecule has 2 aliphatic carbocycles.